The number of rotatable bonds is 8. The summed E-state index contributed by atoms with van der Waals surface area (Å²) >= 11 is 0. The molecular weight excluding hydrogens is 402 g/mol. The summed E-state index contributed by atoms with van der Waals surface area (Å²) in [5.74, 6) is -0.680. The Labute approximate surface area is 187 Å². The van der Waals surface area contributed by atoms with Gasteiger partial charge < -0.3 is 10.2 Å². The summed E-state index contributed by atoms with van der Waals surface area (Å²) in [6, 6.07) is 21.1. The number of amides is 3. The summed E-state index contributed by atoms with van der Waals surface area (Å²) in [5, 5.41) is 4.59. The fourth-order valence-corrected chi connectivity index (χ4v) is 4.25. The van der Waals surface area contributed by atoms with Crippen LogP contribution in [0.25, 0.3) is 10.8 Å². The predicted molar refractivity (Wildman–Crippen MR) is 124 cm³/mol. The first-order valence-electron chi connectivity index (χ1n) is 10.8. The summed E-state index contributed by atoms with van der Waals surface area (Å²) < 4.78 is 0. The van der Waals surface area contributed by atoms with Gasteiger partial charge in [0.1, 0.15) is 0 Å². The molecule has 1 N–H and O–H groups in total. The molecule has 0 spiro atoms. The summed E-state index contributed by atoms with van der Waals surface area (Å²) in [6.45, 7) is 0.707. The van der Waals surface area contributed by atoms with Crippen molar-refractivity contribution in [3.8, 4) is 0 Å². The molecule has 0 aliphatic carbocycles. The summed E-state index contributed by atoms with van der Waals surface area (Å²) in [4.78, 5) is 41.6. The van der Waals surface area contributed by atoms with E-state index < -0.39 is 0 Å². The molecule has 0 fully saturated rings. The lowest BCUT2D eigenvalue weighted by Crippen LogP contribution is -2.41. The van der Waals surface area contributed by atoms with Crippen molar-refractivity contribution in [1.29, 1.82) is 0 Å². The number of hydrogen-bond donors (Lipinski definition) is 1. The number of carbonyl (C=O) groups excluding carboxylic acids is 3. The second-order valence-electron chi connectivity index (χ2n) is 8.27. The first-order chi connectivity index (χ1) is 15.5. The Bertz CT molecular complexity index is 1110. The minimum Gasteiger partial charge on any atom is -0.354 e. The molecule has 0 unspecified atom stereocenters. The molecule has 4 rings (SSSR count). The van der Waals surface area contributed by atoms with E-state index in [1.54, 1.807) is 12.1 Å². The third-order valence-electron chi connectivity index (χ3n) is 5.94. The van der Waals surface area contributed by atoms with Crippen molar-refractivity contribution in [2.45, 2.75) is 18.9 Å². The van der Waals surface area contributed by atoms with Gasteiger partial charge in [0.15, 0.2) is 0 Å². The SMILES string of the molecule is CN(C)[C@H](CNC(=O)CCCN1C(=O)c2cccc3cccc(c23)C1=O)c1ccccc1. The van der Waals surface area contributed by atoms with Gasteiger partial charge in [0.2, 0.25) is 5.91 Å². The average Bonchev–Trinajstić information content (AvgIpc) is 2.80. The zero-order valence-corrected chi connectivity index (χ0v) is 18.4. The van der Waals surface area contributed by atoms with E-state index in [-0.39, 0.29) is 36.7 Å². The maximum atomic E-state index is 12.9. The quantitative estimate of drug-likeness (QED) is 0.555. The van der Waals surface area contributed by atoms with E-state index in [0.717, 1.165) is 16.3 Å². The maximum Gasteiger partial charge on any atom is 0.261 e. The molecule has 1 heterocycles. The van der Waals surface area contributed by atoms with Crippen molar-refractivity contribution in [3.63, 3.8) is 0 Å². The van der Waals surface area contributed by atoms with Crippen LogP contribution in [0.4, 0.5) is 0 Å². The Balaban J connectivity index is 1.35. The molecule has 1 aliphatic heterocycles. The maximum absolute atomic E-state index is 12.9. The fraction of sp³-hybridized carbons (Fsp3) is 0.269. The van der Waals surface area contributed by atoms with Crippen LogP contribution in [-0.2, 0) is 4.79 Å². The molecule has 3 amide bonds. The average molecular weight is 430 g/mol. The van der Waals surface area contributed by atoms with Crippen molar-refractivity contribution in [2.24, 2.45) is 0 Å². The molecule has 1 atom stereocenters. The standard InChI is InChI=1S/C26H27N3O3/c1-28(2)22(18-9-4-3-5-10-18)17-27-23(30)15-8-16-29-25(31)20-13-6-11-19-12-7-14-21(24(19)20)26(29)32/h3-7,9-14,22H,8,15-17H2,1-2H3,(H,27,30)/t22-/m1/s1. The van der Waals surface area contributed by atoms with Crippen LogP contribution < -0.4 is 5.32 Å². The van der Waals surface area contributed by atoms with Gasteiger partial charge in [-0.3, -0.25) is 19.3 Å². The topological polar surface area (TPSA) is 69.7 Å². The molecule has 0 saturated carbocycles. The molecule has 0 bridgehead atoms. The minimum absolute atomic E-state index is 0.0717. The number of likely N-dealkylation sites (N-methyl/N-ethyl adjacent to an activating group) is 1. The van der Waals surface area contributed by atoms with Gasteiger partial charge in [-0.2, -0.15) is 0 Å². The van der Waals surface area contributed by atoms with Gasteiger partial charge >= 0.3 is 0 Å². The van der Waals surface area contributed by atoms with Crippen LogP contribution in [0.3, 0.4) is 0 Å². The van der Waals surface area contributed by atoms with E-state index in [2.05, 4.69) is 10.2 Å². The normalized spacial score (nSPS) is 14.2. The monoisotopic (exact) mass is 429 g/mol. The van der Waals surface area contributed by atoms with Gasteiger partial charge in [-0.1, -0.05) is 54.6 Å². The second-order valence-corrected chi connectivity index (χ2v) is 8.27. The Morgan fingerprint density at radius 1 is 0.906 bits per heavy atom. The summed E-state index contributed by atoms with van der Waals surface area (Å²) in [7, 11) is 3.96. The van der Waals surface area contributed by atoms with Gasteiger partial charge in [0.25, 0.3) is 11.8 Å². The molecule has 0 radical (unpaired) electrons. The van der Waals surface area contributed by atoms with E-state index >= 15 is 0 Å². The van der Waals surface area contributed by atoms with E-state index in [0.29, 0.717) is 24.1 Å². The van der Waals surface area contributed by atoms with E-state index in [1.165, 1.54) is 4.90 Å². The zero-order valence-electron chi connectivity index (χ0n) is 18.4. The van der Waals surface area contributed by atoms with Crippen LogP contribution in [-0.4, -0.2) is 54.7 Å². The van der Waals surface area contributed by atoms with Crippen molar-refractivity contribution in [2.75, 3.05) is 27.2 Å². The van der Waals surface area contributed by atoms with Crippen molar-refractivity contribution < 1.29 is 14.4 Å². The lowest BCUT2D eigenvalue weighted by molar-refractivity contribution is -0.121. The highest BCUT2D eigenvalue weighted by atomic mass is 16.2. The van der Waals surface area contributed by atoms with Gasteiger partial charge in [0.05, 0.1) is 6.04 Å². The van der Waals surface area contributed by atoms with Gasteiger partial charge in [0, 0.05) is 36.0 Å². The molecule has 0 saturated heterocycles. The largest absolute Gasteiger partial charge is 0.354 e. The molecule has 1 aliphatic rings. The zero-order chi connectivity index (χ0) is 22.7. The number of nitrogens with zero attached hydrogens (tertiary/aromatic N) is 2. The number of carbonyl (C=O) groups is 3. The van der Waals surface area contributed by atoms with Crippen molar-refractivity contribution in [3.05, 3.63) is 83.4 Å². The van der Waals surface area contributed by atoms with Gasteiger partial charge in [-0.25, -0.2) is 0 Å². The number of hydrogen-bond acceptors (Lipinski definition) is 4. The third-order valence-corrected chi connectivity index (χ3v) is 5.94. The van der Waals surface area contributed by atoms with Crippen LogP contribution in [0.1, 0.15) is 45.2 Å². The Hall–Kier alpha value is -3.51. The first kappa shape index (κ1) is 21.7. The second kappa shape index (κ2) is 9.32. The Morgan fingerprint density at radius 3 is 2.12 bits per heavy atom. The van der Waals surface area contributed by atoms with E-state index in [4.69, 9.17) is 0 Å². The fourth-order valence-electron chi connectivity index (χ4n) is 4.25. The lowest BCUT2D eigenvalue weighted by atomic mass is 9.94. The van der Waals surface area contributed by atoms with Gasteiger partial charge in [-0.05, 0) is 43.6 Å². The molecule has 3 aromatic carbocycles. The summed E-state index contributed by atoms with van der Waals surface area (Å²) in [5.41, 5.74) is 2.22. The highest BCUT2D eigenvalue weighted by Crippen LogP contribution is 2.30. The van der Waals surface area contributed by atoms with E-state index in [1.807, 2.05) is 68.7 Å². The predicted octanol–water partition coefficient (Wildman–Crippen LogP) is 3.64. The number of benzene rings is 3. The summed E-state index contributed by atoms with van der Waals surface area (Å²) in [6.07, 6.45) is 0.664. The van der Waals surface area contributed by atoms with Gasteiger partial charge in [-0.15, -0.1) is 0 Å². The molecule has 3 aromatic rings. The van der Waals surface area contributed by atoms with Crippen LogP contribution in [0.2, 0.25) is 0 Å². The molecule has 6 heteroatoms. The van der Waals surface area contributed by atoms with Crippen LogP contribution in [0, 0.1) is 0 Å². The molecular formula is C26H27N3O3. The number of nitrogens with one attached hydrogen (secondary N) is 1. The van der Waals surface area contributed by atoms with Crippen LogP contribution >= 0.6 is 0 Å². The van der Waals surface area contributed by atoms with Crippen LogP contribution in [0.15, 0.2) is 66.7 Å². The molecule has 6 nitrogen and oxygen atoms in total. The highest BCUT2D eigenvalue weighted by Gasteiger charge is 2.32. The Morgan fingerprint density at radius 2 is 1.53 bits per heavy atom. The van der Waals surface area contributed by atoms with Crippen molar-refractivity contribution >= 4 is 28.5 Å². The third kappa shape index (κ3) is 4.27. The number of imide groups is 1. The van der Waals surface area contributed by atoms with E-state index in [9.17, 15) is 14.4 Å². The van der Waals surface area contributed by atoms with Crippen molar-refractivity contribution in [1.82, 2.24) is 15.1 Å². The first-order valence-corrected chi connectivity index (χ1v) is 10.8. The highest BCUT2D eigenvalue weighted by molar-refractivity contribution is 6.25. The minimum atomic E-state index is -0.295. The van der Waals surface area contributed by atoms with Crippen LogP contribution in [0.5, 0.6) is 0 Å². The Kier molecular flexibility index (Phi) is 6.32. The molecule has 164 valence electrons. The lowest BCUT2D eigenvalue weighted by Gasteiger charge is -2.27. The smallest absolute Gasteiger partial charge is 0.261 e. The molecule has 32 heavy (non-hydrogen) atoms. The molecule has 0 aromatic heterocycles.